The van der Waals surface area contributed by atoms with E-state index in [1.165, 1.54) is 10.4 Å². The van der Waals surface area contributed by atoms with Crippen LogP contribution in [0.1, 0.15) is 27.7 Å². The second-order valence-corrected chi connectivity index (χ2v) is 4.98. The third kappa shape index (κ3) is 3.30. The van der Waals surface area contributed by atoms with Crippen LogP contribution in [0.5, 0.6) is 0 Å². The van der Waals surface area contributed by atoms with Crippen molar-refractivity contribution in [1.82, 2.24) is 10.3 Å². The quantitative estimate of drug-likeness (QED) is 0.576. The van der Waals surface area contributed by atoms with E-state index in [9.17, 15) is 4.79 Å². The van der Waals surface area contributed by atoms with Gasteiger partial charge in [-0.2, -0.15) is 0 Å². The summed E-state index contributed by atoms with van der Waals surface area (Å²) in [5, 5.41) is 4.95. The fourth-order valence-corrected chi connectivity index (χ4v) is 2.67. The standard InChI is InChI=1S/C13H16N4OS/c1-2-9-4-6-19-11(9)8-16-13(18)10-3-5-15-12(7-10)17-14/h3-7H,2,8,14H2,1H3,(H,15,17)(H,16,18). The number of hydrogen-bond donors (Lipinski definition) is 3. The molecule has 0 saturated heterocycles. The van der Waals surface area contributed by atoms with Crippen LogP contribution in [0, 0.1) is 0 Å². The molecule has 0 atom stereocenters. The van der Waals surface area contributed by atoms with Crippen molar-refractivity contribution in [2.45, 2.75) is 19.9 Å². The number of anilines is 1. The molecule has 0 aliphatic heterocycles. The van der Waals surface area contributed by atoms with Gasteiger partial charge >= 0.3 is 0 Å². The van der Waals surface area contributed by atoms with Gasteiger partial charge in [-0.25, -0.2) is 10.8 Å². The molecular weight excluding hydrogens is 260 g/mol. The summed E-state index contributed by atoms with van der Waals surface area (Å²) in [5.74, 6) is 5.61. The summed E-state index contributed by atoms with van der Waals surface area (Å²) in [4.78, 5) is 17.2. The first-order valence-corrected chi connectivity index (χ1v) is 6.88. The van der Waals surface area contributed by atoms with E-state index in [0.29, 0.717) is 17.9 Å². The number of rotatable bonds is 5. The Kier molecular flexibility index (Phi) is 4.48. The van der Waals surface area contributed by atoms with E-state index in [4.69, 9.17) is 5.84 Å². The van der Waals surface area contributed by atoms with Crippen LogP contribution >= 0.6 is 11.3 Å². The summed E-state index contributed by atoms with van der Waals surface area (Å²) in [6, 6.07) is 5.37. The number of nitrogens with zero attached hydrogens (tertiary/aromatic N) is 1. The number of nitrogens with two attached hydrogens (primary N) is 1. The molecule has 100 valence electrons. The number of aryl methyl sites for hydroxylation is 1. The van der Waals surface area contributed by atoms with Gasteiger partial charge in [0.1, 0.15) is 5.82 Å². The summed E-state index contributed by atoms with van der Waals surface area (Å²) >= 11 is 1.66. The van der Waals surface area contributed by atoms with E-state index in [2.05, 4.69) is 28.7 Å². The average molecular weight is 276 g/mol. The smallest absolute Gasteiger partial charge is 0.251 e. The molecule has 2 heterocycles. The lowest BCUT2D eigenvalue weighted by Crippen LogP contribution is -2.23. The van der Waals surface area contributed by atoms with Crippen LogP contribution in [0.4, 0.5) is 5.82 Å². The van der Waals surface area contributed by atoms with Crippen molar-refractivity contribution in [3.8, 4) is 0 Å². The highest BCUT2D eigenvalue weighted by Gasteiger charge is 2.08. The Balaban J connectivity index is 2.01. The largest absolute Gasteiger partial charge is 0.347 e. The number of carbonyl (C=O) groups excluding carboxylic acids is 1. The Morgan fingerprint density at radius 1 is 1.47 bits per heavy atom. The number of pyridine rings is 1. The minimum Gasteiger partial charge on any atom is -0.347 e. The Bertz CT molecular complexity index is 567. The van der Waals surface area contributed by atoms with Crippen molar-refractivity contribution in [1.29, 1.82) is 0 Å². The van der Waals surface area contributed by atoms with E-state index in [1.807, 2.05) is 5.38 Å². The van der Waals surface area contributed by atoms with E-state index in [1.54, 1.807) is 29.7 Å². The molecule has 0 aromatic carbocycles. The molecule has 0 aliphatic rings. The molecule has 2 rings (SSSR count). The summed E-state index contributed by atoms with van der Waals surface area (Å²) in [7, 11) is 0. The highest BCUT2D eigenvalue weighted by Crippen LogP contribution is 2.17. The van der Waals surface area contributed by atoms with Crippen molar-refractivity contribution in [2.75, 3.05) is 5.43 Å². The first kappa shape index (κ1) is 13.5. The van der Waals surface area contributed by atoms with Gasteiger partial charge in [0, 0.05) is 16.6 Å². The van der Waals surface area contributed by atoms with Gasteiger partial charge in [0.25, 0.3) is 5.91 Å². The number of amides is 1. The molecule has 0 spiro atoms. The summed E-state index contributed by atoms with van der Waals surface area (Å²) in [6.45, 7) is 2.66. The summed E-state index contributed by atoms with van der Waals surface area (Å²) in [5.41, 5.74) is 4.24. The summed E-state index contributed by atoms with van der Waals surface area (Å²) < 4.78 is 0. The lowest BCUT2D eigenvalue weighted by Gasteiger charge is -2.06. The molecule has 6 heteroatoms. The Hall–Kier alpha value is -1.92. The SMILES string of the molecule is CCc1ccsc1CNC(=O)c1ccnc(NN)c1. The zero-order valence-corrected chi connectivity index (χ0v) is 11.5. The molecule has 19 heavy (non-hydrogen) atoms. The van der Waals surface area contributed by atoms with Crippen molar-refractivity contribution in [2.24, 2.45) is 5.84 Å². The molecule has 4 N–H and O–H groups in total. The highest BCUT2D eigenvalue weighted by atomic mass is 32.1. The first-order valence-electron chi connectivity index (χ1n) is 6.00. The maximum Gasteiger partial charge on any atom is 0.251 e. The molecule has 2 aromatic rings. The second-order valence-electron chi connectivity index (χ2n) is 3.98. The molecule has 0 fully saturated rings. The number of carbonyl (C=O) groups is 1. The molecule has 5 nitrogen and oxygen atoms in total. The lowest BCUT2D eigenvalue weighted by atomic mass is 10.2. The molecule has 0 saturated carbocycles. The monoisotopic (exact) mass is 276 g/mol. The molecule has 0 radical (unpaired) electrons. The van der Waals surface area contributed by atoms with Gasteiger partial charge in [-0.1, -0.05) is 6.92 Å². The Morgan fingerprint density at radius 3 is 3.05 bits per heavy atom. The predicted octanol–water partition coefficient (Wildman–Crippen LogP) is 1.92. The van der Waals surface area contributed by atoms with Gasteiger partial charge < -0.3 is 10.7 Å². The number of nitrogen functional groups attached to an aromatic ring is 1. The number of hydrazine groups is 1. The van der Waals surface area contributed by atoms with Gasteiger partial charge in [0.2, 0.25) is 0 Å². The van der Waals surface area contributed by atoms with Crippen molar-refractivity contribution < 1.29 is 4.79 Å². The molecular formula is C13H16N4OS. The van der Waals surface area contributed by atoms with Crippen molar-refractivity contribution in [3.05, 3.63) is 45.8 Å². The Labute approximate surface area is 115 Å². The zero-order chi connectivity index (χ0) is 13.7. The van der Waals surface area contributed by atoms with Gasteiger partial charge in [0.15, 0.2) is 0 Å². The number of aromatic nitrogens is 1. The van der Waals surface area contributed by atoms with E-state index in [-0.39, 0.29) is 5.91 Å². The highest BCUT2D eigenvalue weighted by molar-refractivity contribution is 7.10. The van der Waals surface area contributed by atoms with Crippen LogP contribution < -0.4 is 16.6 Å². The first-order chi connectivity index (χ1) is 9.24. The Morgan fingerprint density at radius 2 is 2.32 bits per heavy atom. The van der Waals surface area contributed by atoms with E-state index < -0.39 is 0 Å². The normalized spacial score (nSPS) is 10.2. The minimum atomic E-state index is -0.130. The fraction of sp³-hybridized carbons (Fsp3) is 0.231. The molecule has 0 bridgehead atoms. The lowest BCUT2D eigenvalue weighted by molar-refractivity contribution is 0.0951. The van der Waals surface area contributed by atoms with Crippen LogP contribution in [0.2, 0.25) is 0 Å². The zero-order valence-electron chi connectivity index (χ0n) is 10.6. The number of hydrogen-bond acceptors (Lipinski definition) is 5. The second kappa shape index (κ2) is 6.31. The molecule has 0 unspecified atom stereocenters. The van der Waals surface area contributed by atoms with E-state index >= 15 is 0 Å². The summed E-state index contributed by atoms with van der Waals surface area (Å²) in [6.07, 6.45) is 2.53. The number of thiophene rings is 1. The van der Waals surface area contributed by atoms with Gasteiger partial charge in [-0.05, 0) is 35.6 Å². The van der Waals surface area contributed by atoms with Crippen LogP contribution in [-0.2, 0) is 13.0 Å². The van der Waals surface area contributed by atoms with Crippen LogP contribution in [0.25, 0.3) is 0 Å². The maximum atomic E-state index is 12.0. The molecule has 1 amide bonds. The topological polar surface area (TPSA) is 80.0 Å². The van der Waals surface area contributed by atoms with Crippen molar-refractivity contribution in [3.63, 3.8) is 0 Å². The molecule has 2 aromatic heterocycles. The maximum absolute atomic E-state index is 12.0. The third-order valence-electron chi connectivity index (χ3n) is 2.80. The molecule has 0 aliphatic carbocycles. The minimum absolute atomic E-state index is 0.130. The fourth-order valence-electron chi connectivity index (χ4n) is 1.75. The van der Waals surface area contributed by atoms with Gasteiger partial charge in [-0.15, -0.1) is 11.3 Å². The predicted molar refractivity (Wildman–Crippen MR) is 76.9 cm³/mol. The third-order valence-corrected chi connectivity index (χ3v) is 3.76. The van der Waals surface area contributed by atoms with Gasteiger partial charge in [-0.3, -0.25) is 4.79 Å². The van der Waals surface area contributed by atoms with Crippen LogP contribution in [0.15, 0.2) is 29.8 Å². The van der Waals surface area contributed by atoms with Crippen molar-refractivity contribution >= 4 is 23.1 Å². The van der Waals surface area contributed by atoms with E-state index in [0.717, 1.165) is 6.42 Å². The number of nitrogens with one attached hydrogen (secondary N) is 2. The van der Waals surface area contributed by atoms with Gasteiger partial charge in [0.05, 0.1) is 6.54 Å². The van der Waals surface area contributed by atoms with Crippen LogP contribution in [-0.4, -0.2) is 10.9 Å². The van der Waals surface area contributed by atoms with Crippen LogP contribution in [0.3, 0.4) is 0 Å². The average Bonchev–Trinajstić information content (AvgIpc) is 2.92.